The number of hydrogen-bond donors (Lipinski definition) is 3. The third kappa shape index (κ3) is 6.68. The summed E-state index contributed by atoms with van der Waals surface area (Å²) in [6.45, 7) is 3.51. The summed E-state index contributed by atoms with van der Waals surface area (Å²) >= 11 is 0. The van der Waals surface area contributed by atoms with Crippen LogP contribution >= 0.6 is 0 Å². The quantitative estimate of drug-likeness (QED) is 0.611. The number of aliphatic hydroxyl groups is 2. The van der Waals surface area contributed by atoms with Gasteiger partial charge in [-0.2, -0.15) is 0 Å². The van der Waals surface area contributed by atoms with E-state index in [1.165, 1.54) is 0 Å². The van der Waals surface area contributed by atoms with Crippen LogP contribution in [0, 0.1) is 5.92 Å². The zero-order valence-corrected chi connectivity index (χ0v) is 14.5. The van der Waals surface area contributed by atoms with Gasteiger partial charge in [0.2, 0.25) is 5.91 Å². The van der Waals surface area contributed by atoms with E-state index in [1.807, 2.05) is 38.1 Å². The fraction of sp³-hybridized carbons (Fsp3) is 0.562. The van der Waals surface area contributed by atoms with Gasteiger partial charge in [-0.15, -0.1) is 0 Å². The van der Waals surface area contributed by atoms with Gasteiger partial charge in [0.15, 0.2) is 0 Å². The molecule has 0 fully saturated rings. The van der Waals surface area contributed by atoms with Crippen molar-refractivity contribution in [2.45, 2.75) is 26.0 Å². The summed E-state index contributed by atoms with van der Waals surface area (Å²) in [5, 5.41) is 20.9. The maximum absolute atomic E-state index is 12.1. The molecule has 6 nitrogen and oxygen atoms in total. The molecule has 0 radical (unpaired) electrons. The summed E-state index contributed by atoms with van der Waals surface area (Å²) in [5.74, 6) is 0.239. The van der Waals surface area contributed by atoms with Crippen molar-refractivity contribution in [2.75, 3.05) is 25.2 Å². The number of rotatable bonds is 9. The van der Waals surface area contributed by atoms with Gasteiger partial charge in [-0.25, -0.2) is 0 Å². The molecule has 1 amide bonds. The van der Waals surface area contributed by atoms with Crippen LogP contribution in [0.1, 0.15) is 25.5 Å². The maximum atomic E-state index is 12.1. The monoisotopic (exact) mass is 343 g/mol. The molecule has 0 aliphatic heterocycles. The minimum atomic E-state index is -1.51. The molecule has 0 aromatic heterocycles. The van der Waals surface area contributed by atoms with Gasteiger partial charge in [0.25, 0.3) is 0 Å². The van der Waals surface area contributed by atoms with Gasteiger partial charge in [-0.3, -0.25) is 9.00 Å². The van der Waals surface area contributed by atoms with Crippen LogP contribution in [0.25, 0.3) is 0 Å². The SMILES string of the molecule is COc1ccc(C(NC(=O)CS(=O)CC(O)CO)C(C)C)cc1. The van der Waals surface area contributed by atoms with Crippen LogP contribution in [0.5, 0.6) is 5.75 Å². The highest BCUT2D eigenvalue weighted by molar-refractivity contribution is 7.85. The summed E-state index contributed by atoms with van der Waals surface area (Å²) < 4.78 is 16.9. The zero-order chi connectivity index (χ0) is 17.4. The number of benzene rings is 1. The highest BCUT2D eigenvalue weighted by Crippen LogP contribution is 2.23. The number of aliphatic hydroxyl groups excluding tert-OH is 2. The van der Waals surface area contributed by atoms with Crippen LogP contribution in [-0.4, -0.2) is 51.7 Å². The Morgan fingerprint density at radius 3 is 2.39 bits per heavy atom. The Morgan fingerprint density at radius 2 is 1.91 bits per heavy atom. The number of methoxy groups -OCH3 is 1. The Hall–Kier alpha value is -1.44. The highest BCUT2D eigenvalue weighted by Gasteiger charge is 2.20. The van der Waals surface area contributed by atoms with E-state index < -0.39 is 23.5 Å². The average molecular weight is 343 g/mol. The first kappa shape index (κ1) is 19.6. The van der Waals surface area contributed by atoms with Gasteiger partial charge in [0.05, 0.1) is 31.6 Å². The predicted octanol–water partition coefficient (Wildman–Crippen LogP) is 0.610. The summed E-state index contributed by atoms with van der Waals surface area (Å²) in [5.41, 5.74) is 0.940. The standard InChI is InChI=1S/C16H25NO5S/c1-11(2)16(12-4-6-14(22-3)7-5-12)17-15(20)10-23(21)9-13(19)8-18/h4-7,11,13,16,18-19H,8-10H2,1-3H3,(H,17,20). The van der Waals surface area contributed by atoms with Gasteiger partial charge in [0.1, 0.15) is 11.5 Å². The third-order valence-corrected chi connectivity index (χ3v) is 4.68. The molecule has 1 rings (SSSR count). The van der Waals surface area contributed by atoms with Crippen molar-refractivity contribution in [1.82, 2.24) is 5.32 Å². The Kier molecular flexibility index (Phi) is 8.22. The molecule has 0 aliphatic carbocycles. The molecule has 0 saturated carbocycles. The average Bonchev–Trinajstić information content (AvgIpc) is 2.52. The molecule has 1 aromatic carbocycles. The minimum absolute atomic E-state index is 0.112. The lowest BCUT2D eigenvalue weighted by Crippen LogP contribution is -2.36. The molecule has 0 bridgehead atoms. The fourth-order valence-corrected chi connectivity index (χ4v) is 3.16. The Labute approximate surface area is 139 Å². The van der Waals surface area contributed by atoms with Crippen molar-refractivity contribution in [3.05, 3.63) is 29.8 Å². The fourth-order valence-electron chi connectivity index (χ4n) is 2.13. The normalized spacial score (nSPS) is 15.0. The lowest BCUT2D eigenvalue weighted by Gasteiger charge is -2.23. The number of nitrogens with one attached hydrogen (secondary N) is 1. The molecule has 3 atom stereocenters. The van der Waals surface area contributed by atoms with E-state index in [9.17, 15) is 14.1 Å². The molecule has 3 unspecified atom stereocenters. The van der Waals surface area contributed by atoms with Gasteiger partial charge < -0.3 is 20.3 Å². The van der Waals surface area contributed by atoms with Crippen molar-refractivity contribution in [2.24, 2.45) is 5.92 Å². The van der Waals surface area contributed by atoms with E-state index >= 15 is 0 Å². The van der Waals surface area contributed by atoms with Crippen LogP contribution < -0.4 is 10.1 Å². The van der Waals surface area contributed by atoms with Gasteiger partial charge in [0, 0.05) is 10.8 Å². The Balaban J connectivity index is 2.68. The van der Waals surface area contributed by atoms with Crippen LogP contribution in [0.4, 0.5) is 0 Å². The van der Waals surface area contributed by atoms with E-state index in [-0.39, 0.29) is 29.4 Å². The molecule has 0 aliphatic rings. The van der Waals surface area contributed by atoms with Crippen LogP contribution in [0.2, 0.25) is 0 Å². The smallest absolute Gasteiger partial charge is 0.233 e. The second-order valence-corrected chi connectivity index (χ2v) is 7.15. The van der Waals surface area contributed by atoms with E-state index in [4.69, 9.17) is 9.84 Å². The summed E-state index contributed by atoms with van der Waals surface area (Å²) in [4.78, 5) is 12.1. The topological polar surface area (TPSA) is 95.9 Å². The lowest BCUT2D eigenvalue weighted by atomic mass is 9.96. The number of carbonyl (C=O) groups is 1. The molecule has 23 heavy (non-hydrogen) atoms. The van der Waals surface area contributed by atoms with Crippen LogP contribution in [0.3, 0.4) is 0 Å². The van der Waals surface area contributed by atoms with Crippen molar-refractivity contribution in [1.29, 1.82) is 0 Å². The van der Waals surface area contributed by atoms with E-state index in [0.29, 0.717) is 0 Å². The predicted molar refractivity (Wildman–Crippen MR) is 89.7 cm³/mol. The lowest BCUT2D eigenvalue weighted by molar-refractivity contribution is -0.119. The number of hydrogen-bond acceptors (Lipinski definition) is 5. The molecular weight excluding hydrogens is 318 g/mol. The first-order valence-corrected chi connectivity index (χ1v) is 8.93. The summed E-state index contributed by atoms with van der Waals surface area (Å²) in [6.07, 6.45) is -1.06. The molecule has 0 heterocycles. The molecular formula is C16H25NO5S. The zero-order valence-electron chi connectivity index (χ0n) is 13.7. The van der Waals surface area contributed by atoms with Crippen molar-refractivity contribution in [3.8, 4) is 5.75 Å². The Bertz CT molecular complexity index is 518. The third-order valence-electron chi connectivity index (χ3n) is 3.34. The number of amides is 1. The summed E-state index contributed by atoms with van der Waals surface area (Å²) in [6, 6.07) is 7.22. The van der Waals surface area contributed by atoms with E-state index in [2.05, 4.69) is 5.32 Å². The van der Waals surface area contributed by atoms with E-state index in [1.54, 1.807) is 7.11 Å². The molecule has 3 N–H and O–H groups in total. The van der Waals surface area contributed by atoms with Crippen LogP contribution in [-0.2, 0) is 15.6 Å². The Morgan fingerprint density at radius 1 is 1.30 bits per heavy atom. The van der Waals surface area contributed by atoms with Gasteiger partial charge in [-0.1, -0.05) is 26.0 Å². The van der Waals surface area contributed by atoms with Gasteiger partial charge in [-0.05, 0) is 23.6 Å². The van der Waals surface area contributed by atoms with Crippen molar-refractivity contribution < 1.29 is 24.0 Å². The highest BCUT2D eigenvalue weighted by atomic mass is 32.2. The second kappa shape index (κ2) is 9.64. The first-order valence-electron chi connectivity index (χ1n) is 7.44. The molecule has 0 saturated heterocycles. The number of carbonyl (C=O) groups excluding carboxylic acids is 1. The largest absolute Gasteiger partial charge is 0.497 e. The van der Waals surface area contributed by atoms with Crippen molar-refractivity contribution >= 4 is 16.7 Å². The number of ether oxygens (including phenoxy) is 1. The van der Waals surface area contributed by atoms with E-state index in [0.717, 1.165) is 11.3 Å². The molecule has 0 spiro atoms. The summed E-state index contributed by atoms with van der Waals surface area (Å²) in [7, 11) is 0.0768. The molecule has 7 heteroatoms. The maximum Gasteiger partial charge on any atom is 0.233 e. The van der Waals surface area contributed by atoms with Crippen molar-refractivity contribution in [3.63, 3.8) is 0 Å². The minimum Gasteiger partial charge on any atom is -0.497 e. The molecule has 1 aromatic rings. The second-order valence-electron chi connectivity index (χ2n) is 5.65. The van der Waals surface area contributed by atoms with Crippen LogP contribution in [0.15, 0.2) is 24.3 Å². The van der Waals surface area contributed by atoms with Gasteiger partial charge >= 0.3 is 0 Å². The first-order chi connectivity index (χ1) is 10.9. The molecule has 130 valence electrons.